The number of aromatic carboxylic acids is 1. The van der Waals surface area contributed by atoms with Crippen molar-refractivity contribution in [3.05, 3.63) is 178 Å². The maximum Gasteiger partial charge on any atom is 0.434 e. The molecule has 1 amide bonds. The van der Waals surface area contributed by atoms with Gasteiger partial charge < -0.3 is 19.0 Å². The molecule has 452 valence electrons. The molecule has 4 aliphatic rings. The molecule has 84 heavy (non-hydrogen) atoms. The Hall–Kier alpha value is -7.69. The molecule has 13 nitrogen and oxygen atoms in total. The predicted octanol–water partition coefficient (Wildman–Crippen LogP) is 15.0. The van der Waals surface area contributed by atoms with Gasteiger partial charge in [0.15, 0.2) is 0 Å². The number of esters is 2. The molecule has 0 spiro atoms. The number of nitrogens with two attached hydrogens (primary N) is 1. The number of alkyl halides is 15. The summed E-state index contributed by atoms with van der Waals surface area (Å²) in [5.41, 5.74) is -0.430. The molecule has 5 aromatic carbocycles. The largest absolute Gasteiger partial charge is 0.478 e. The Morgan fingerprint density at radius 2 is 0.833 bits per heavy atom. The SMILES string of the molecule is COC(=O)c1cc(Br)cc(C(F)(F)F)c1.COC(=O)c1cc(C2CC2)cc(C(F)(F)F)c1.NNC(=O)c1cc(C2CC2)cc(C(F)(F)F)c1.O=C(O)c1cc(C2CC2)cc(C(F)(F)F)c1.O=c1[nH]nc(-c2cc(C3CC3)cc(C(F)(F)F)c2)o1. The van der Waals surface area contributed by atoms with E-state index in [1.54, 1.807) is 6.07 Å². The smallest absolute Gasteiger partial charge is 0.434 e. The summed E-state index contributed by atoms with van der Waals surface area (Å²) in [5, 5.41) is 14.3. The number of rotatable bonds is 9. The second-order valence-corrected chi connectivity index (χ2v) is 20.3. The zero-order valence-electron chi connectivity index (χ0n) is 43.4. The van der Waals surface area contributed by atoms with Gasteiger partial charge in [-0.1, -0.05) is 15.9 Å². The molecule has 4 saturated carbocycles. The fraction of sp³-hybridized carbons (Fsp3) is 0.345. The van der Waals surface area contributed by atoms with Crippen LogP contribution in [0.3, 0.4) is 0 Å². The first-order chi connectivity index (χ1) is 39.0. The minimum absolute atomic E-state index is 0.0378. The number of hydrogen-bond acceptors (Lipinski definition) is 10. The molecule has 4 fully saturated rings. The lowest BCUT2D eigenvalue weighted by atomic mass is 10.0. The van der Waals surface area contributed by atoms with Gasteiger partial charge in [0, 0.05) is 15.6 Å². The van der Waals surface area contributed by atoms with Crippen molar-refractivity contribution in [3.8, 4) is 11.5 Å². The Balaban J connectivity index is 0.000000169. The number of amides is 1. The van der Waals surface area contributed by atoms with Crippen LogP contribution < -0.4 is 17.0 Å². The van der Waals surface area contributed by atoms with E-state index in [0.717, 1.165) is 120 Å². The van der Waals surface area contributed by atoms with Gasteiger partial charge in [0.25, 0.3) is 5.91 Å². The first-order valence-corrected chi connectivity index (χ1v) is 25.5. The minimum atomic E-state index is -4.49. The summed E-state index contributed by atoms with van der Waals surface area (Å²) in [5.74, 6) is 0.978. The van der Waals surface area contributed by atoms with Gasteiger partial charge in [-0.15, -0.1) is 5.10 Å². The number of aromatic nitrogens is 2. The molecule has 0 saturated heterocycles. The van der Waals surface area contributed by atoms with Crippen LogP contribution in [-0.2, 0) is 40.4 Å². The number of ether oxygens (including phenoxy) is 2. The minimum Gasteiger partial charge on any atom is -0.478 e. The number of halogens is 16. The maximum atomic E-state index is 12.8. The van der Waals surface area contributed by atoms with Crippen LogP contribution in [0, 0.1) is 0 Å². The quantitative estimate of drug-likeness (QED) is 0.0352. The number of aromatic amines is 1. The standard InChI is InChI=1S/C12H9F3N2O2.C12H11F3O2.C11H11F3N2O.C11H9F3O2.C9H6BrF3O2/c13-12(14,15)9-4-7(6-1-2-6)3-8(5-9)10-16-17-11(18)19-10;1-17-11(16)9-4-8(7-2-3-7)5-10(6-9)12(13,14)15;12-11(13,14)9-4-7(6-1-2-6)3-8(5-9)10(17)16-15;12-11(13,14)9-4-7(6-1-2-6)3-8(5-9)10(15)16;1-15-8(14)5-2-6(9(11,12)13)4-7(10)3-5/h3-6H,1-2H2,(H,17,18);4-7H,2-3H2,1H3;3-6H,1-2,15H2,(H,16,17);3-6H,1-2H2,(H,15,16);2-4H,1H3. The second kappa shape index (κ2) is 26.1. The van der Waals surface area contributed by atoms with E-state index in [9.17, 15) is 89.8 Å². The van der Waals surface area contributed by atoms with E-state index in [-0.39, 0.29) is 61.9 Å². The highest BCUT2D eigenvalue weighted by Crippen LogP contribution is 2.46. The zero-order chi connectivity index (χ0) is 62.4. The summed E-state index contributed by atoms with van der Waals surface area (Å²) in [4.78, 5) is 55.2. The van der Waals surface area contributed by atoms with E-state index in [0.29, 0.717) is 28.3 Å². The Morgan fingerprint density at radius 3 is 1.17 bits per heavy atom. The van der Waals surface area contributed by atoms with Crippen molar-refractivity contribution in [2.24, 2.45) is 5.84 Å². The van der Waals surface area contributed by atoms with Gasteiger partial charge in [-0.05, 0) is 188 Å². The molecule has 1 heterocycles. The van der Waals surface area contributed by atoms with Gasteiger partial charge in [0.2, 0.25) is 5.89 Å². The van der Waals surface area contributed by atoms with Crippen molar-refractivity contribution < 1.29 is 104 Å². The van der Waals surface area contributed by atoms with Gasteiger partial charge in [0.05, 0.1) is 58.7 Å². The fourth-order valence-electron chi connectivity index (χ4n) is 7.91. The number of carboxylic acids is 1. The van der Waals surface area contributed by atoms with Crippen LogP contribution >= 0.6 is 15.9 Å². The van der Waals surface area contributed by atoms with Gasteiger partial charge >= 0.3 is 54.5 Å². The highest BCUT2D eigenvalue weighted by Gasteiger charge is 2.38. The van der Waals surface area contributed by atoms with Crippen molar-refractivity contribution >= 4 is 39.7 Å². The lowest BCUT2D eigenvalue weighted by molar-refractivity contribution is -0.138. The normalized spacial score (nSPS) is 15.0. The number of carbonyl (C=O) groups excluding carboxylic acids is 3. The number of carbonyl (C=O) groups is 4. The van der Waals surface area contributed by atoms with Crippen molar-refractivity contribution in [2.75, 3.05) is 14.2 Å². The van der Waals surface area contributed by atoms with E-state index in [1.165, 1.54) is 24.3 Å². The van der Waals surface area contributed by atoms with Crippen LogP contribution in [0.1, 0.15) is 167 Å². The number of carboxylic acid groups (broad SMARTS) is 1. The van der Waals surface area contributed by atoms with Crippen molar-refractivity contribution in [2.45, 2.75) is 106 Å². The Bertz CT molecular complexity index is 3340. The Morgan fingerprint density at radius 1 is 0.512 bits per heavy atom. The molecule has 0 unspecified atom stereocenters. The number of benzene rings is 5. The molecular formula is C55H46BrF15N4O9. The second-order valence-electron chi connectivity index (χ2n) is 19.4. The summed E-state index contributed by atoms with van der Waals surface area (Å²) < 4.78 is 203. The molecular weight excluding hydrogens is 1230 g/mol. The Kier molecular flexibility index (Phi) is 20.3. The number of nitrogens with zero attached hydrogens (tertiary/aromatic N) is 1. The van der Waals surface area contributed by atoms with Gasteiger partial charge in [0.1, 0.15) is 0 Å². The highest BCUT2D eigenvalue weighted by atomic mass is 79.9. The van der Waals surface area contributed by atoms with Gasteiger partial charge in [-0.2, -0.15) is 65.9 Å². The van der Waals surface area contributed by atoms with E-state index < -0.39 is 88.3 Å². The number of nitrogens with one attached hydrogen (secondary N) is 2. The lowest BCUT2D eigenvalue weighted by Gasteiger charge is -2.11. The first kappa shape index (κ1) is 65.5. The molecule has 6 aromatic rings. The lowest BCUT2D eigenvalue weighted by Crippen LogP contribution is -2.30. The van der Waals surface area contributed by atoms with Crippen LogP contribution in [-0.4, -0.2) is 53.3 Å². The monoisotopic (exact) mass is 1270 g/mol. The van der Waals surface area contributed by atoms with Crippen LogP contribution in [0.15, 0.2) is 105 Å². The number of H-pyrrole nitrogens is 1. The van der Waals surface area contributed by atoms with Crippen LogP contribution in [0.25, 0.3) is 11.5 Å². The third kappa shape index (κ3) is 18.9. The summed E-state index contributed by atoms with van der Waals surface area (Å²) in [6.45, 7) is 0. The summed E-state index contributed by atoms with van der Waals surface area (Å²) >= 11 is 2.90. The fourth-order valence-corrected chi connectivity index (χ4v) is 8.40. The van der Waals surface area contributed by atoms with E-state index in [4.69, 9.17) is 15.4 Å². The zero-order valence-corrected chi connectivity index (χ0v) is 45.0. The number of hydrogen-bond donors (Lipinski definition) is 4. The number of methoxy groups -OCH3 is 2. The number of hydrazine groups is 1. The molecule has 1 aromatic heterocycles. The summed E-state index contributed by atoms with van der Waals surface area (Å²) in [6, 6.07) is 16.4. The molecule has 0 atom stereocenters. The molecule has 0 radical (unpaired) electrons. The molecule has 4 aliphatic carbocycles. The molecule has 5 N–H and O–H groups in total. The topological polar surface area (TPSA) is 204 Å². The van der Waals surface area contributed by atoms with E-state index in [1.807, 2.05) is 10.5 Å². The first-order valence-electron chi connectivity index (χ1n) is 24.7. The van der Waals surface area contributed by atoms with Gasteiger partial charge in [-0.3, -0.25) is 10.2 Å². The Labute approximate surface area is 473 Å². The van der Waals surface area contributed by atoms with E-state index >= 15 is 0 Å². The average Bonchev–Trinajstić information content (AvgIpc) is 4.12. The summed E-state index contributed by atoms with van der Waals surface area (Å²) in [6.07, 6.45) is -15.4. The number of nitrogen functional groups attached to an aromatic ring is 1. The average molecular weight is 1270 g/mol. The van der Waals surface area contributed by atoms with Crippen molar-refractivity contribution in [1.82, 2.24) is 15.6 Å². The third-order valence-corrected chi connectivity index (χ3v) is 13.2. The van der Waals surface area contributed by atoms with Gasteiger partial charge in [-0.25, -0.2) is 30.1 Å². The van der Waals surface area contributed by atoms with Crippen LogP contribution in [0.2, 0.25) is 0 Å². The molecule has 10 rings (SSSR count). The molecule has 29 heteroatoms. The highest BCUT2D eigenvalue weighted by molar-refractivity contribution is 9.10. The maximum absolute atomic E-state index is 12.8. The van der Waals surface area contributed by atoms with Crippen molar-refractivity contribution in [1.29, 1.82) is 0 Å². The van der Waals surface area contributed by atoms with Crippen LogP contribution in [0.4, 0.5) is 65.9 Å². The van der Waals surface area contributed by atoms with E-state index in [2.05, 4.69) is 30.5 Å². The van der Waals surface area contributed by atoms with Crippen LogP contribution in [0.5, 0.6) is 0 Å². The summed E-state index contributed by atoms with van der Waals surface area (Å²) in [7, 11) is 2.26. The molecule has 0 aliphatic heterocycles. The van der Waals surface area contributed by atoms with Crippen molar-refractivity contribution in [3.63, 3.8) is 0 Å². The predicted molar refractivity (Wildman–Crippen MR) is 270 cm³/mol. The molecule has 0 bridgehead atoms. The third-order valence-electron chi connectivity index (χ3n) is 12.7.